The van der Waals surface area contributed by atoms with Crippen LogP contribution in [0.5, 0.6) is 17.2 Å². The van der Waals surface area contributed by atoms with E-state index in [2.05, 4.69) is 30.1 Å². The first kappa shape index (κ1) is 35.3. The summed E-state index contributed by atoms with van der Waals surface area (Å²) in [5.74, 6) is 2.67. The molecule has 47 heavy (non-hydrogen) atoms. The Kier molecular flexibility index (Phi) is 16.0. The molecule has 0 bridgehead atoms. The Labute approximate surface area is 282 Å². The van der Waals surface area contributed by atoms with Crippen molar-refractivity contribution in [2.45, 2.75) is 84.0 Å². The molecule has 5 heteroatoms. The van der Waals surface area contributed by atoms with Crippen LogP contribution in [0.25, 0.3) is 11.1 Å². The third-order valence-corrected chi connectivity index (χ3v) is 8.12. The number of rotatable bonds is 22. The lowest BCUT2D eigenvalue weighted by molar-refractivity contribution is 0.287. The summed E-state index contributed by atoms with van der Waals surface area (Å²) in [6.45, 7) is 4.45. The van der Waals surface area contributed by atoms with E-state index in [9.17, 15) is 0 Å². The maximum absolute atomic E-state index is 8.96. The summed E-state index contributed by atoms with van der Waals surface area (Å²) in [6, 6.07) is 34.0. The molecule has 0 aliphatic rings. The molecule has 4 aromatic rings. The van der Waals surface area contributed by atoms with Gasteiger partial charge in [-0.25, -0.2) is 0 Å². The Hall–Kier alpha value is -4.56. The molecule has 0 aromatic heterocycles. The first-order valence-electron chi connectivity index (χ1n) is 17.5. The molecule has 4 aromatic carbocycles. The molecular formula is C42H50N2O3. The van der Waals surface area contributed by atoms with Crippen molar-refractivity contribution in [3.63, 3.8) is 0 Å². The van der Waals surface area contributed by atoms with E-state index in [1.807, 2.05) is 91.1 Å². The molecule has 0 unspecified atom stereocenters. The first-order chi connectivity index (χ1) is 23.2. The number of unbranched alkanes of at least 4 members (excludes halogenated alkanes) is 10. The number of benzene rings is 4. The van der Waals surface area contributed by atoms with Crippen molar-refractivity contribution in [1.82, 2.24) is 0 Å². The Balaban J connectivity index is 1.02. The van der Waals surface area contributed by atoms with Crippen LogP contribution in [0.15, 0.2) is 102 Å². The second-order valence-corrected chi connectivity index (χ2v) is 12.0. The highest BCUT2D eigenvalue weighted by molar-refractivity contribution is 5.82. The van der Waals surface area contributed by atoms with Gasteiger partial charge < -0.3 is 14.2 Å². The summed E-state index contributed by atoms with van der Waals surface area (Å²) in [7, 11) is 0. The summed E-state index contributed by atoms with van der Waals surface area (Å²) >= 11 is 0. The van der Waals surface area contributed by atoms with Gasteiger partial charge in [0, 0.05) is 6.21 Å². The van der Waals surface area contributed by atoms with E-state index in [4.69, 9.17) is 19.5 Å². The summed E-state index contributed by atoms with van der Waals surface area (Å²) in [6.07, 6.45) is 16.6. The molecular weight excluding hydrogens is 580 g/mol. The van der Waals surface area contributed by atoms with Gasteiger partial charge in [-0.1, -0.05) is 76.1 Å². The number of aliphatic imine (C=N–C) groups is 1. The van der Waals surface area contributed by atoms with Crippen molar-refractivity contribution in [2.75, 3.05) is 19.8 Å². The third-order valence-electron chi connectivity index (χ3n) is 8.12. The molecule has 0 atom stereocenters. The van der Waals surface area contributed by atoms with Gasteiger partial charge in [0.05, 0.1) is 37.1 Å². The Morgan fingerprint density at radius 2 is 0.915 bits per heavy atom. The lowest BCUT2D eigenvalue weighted by Crippen LogP contribution is -2.00. The summed E-state index contributed by atoms with van der Waals surface area (Å²) in [5, 5.41) is 8.96. The van der Waals surface area contributed by atoms with Crippen LogP contribution >= 0.6 is 0 Å². The van der Waals surface area contributed by atoms with Gasteiger partial charge in [0.2, 0.25) is 0 Å². The minimum absolute atomic E-state index is 0.670. The molecule has 0 amide bonds. The van der Waals surface area contributed by atoms with E-state index >= 15 is 0 Å². The number of hydrogen-bond donors (Lipinski definition) is 0. The zero-order chi connectivity index (χ0) is 32.8. The fourth-order valence-corrected chi connectivity index (χ4v) is 5.27. The van der Waals surface area contributed by atoms with Crippen LogP contribution in [0.1, 0.15) is 95.1 Å². The second-order valence-electron chi connectivity index (χ2n) is 12.0. The normalized spacial score (nSPS) is 11.0. The van der Waals surface area contributed by atoms with Crippen LogP contribution in [-0.2, 0) is 0 Å². The zero-order valence-electron chi connectivity index (χ0n) is 28.0. The van der Waals surface area contributed by atoms with Crippen molar-refractivity contribution in [3.05, 3.63) is 108 Å². The van der Waals surface area contributed by atoms with Gasteiger partial charge in [-0.2, -0.15) is 5.26 Å². The van der Waals surface area contributed by atoms with Gasteiger partial charge in [-0.15, -0.1) is 0 Å². The topological polar surface area (TPSA) is 63.8 Å². The highest BCUT2D eigenvalue weighted by Crippen LogP contribution is 2.23. The van der Waals surface area contributed by atoms with Gasteiger partial charge in [-0.05, 0) is 122 Å². The molecule has 0 aliphatic heterocycles. The van der Waals surface area contributed by atoms with Gasteiger partial charge in [0.1, 0.15) is 17.2 Å². The predicted octanol–water partition coefficient (Wildman–Crippen LogP) is 11.5. The average Bonchev–Trinajstić information content (AvgIpc) is 3.12. The smallest absolute Gasteiger partial charge is 0.119 e. The van der Waals surface area contributed by atoms with E-state index in [0.717, 1.165) is 78.3 Å². The van der Waals surface area contributed by atoms with E-state index < -0.39 is 0 Å². The molecule has 0 saturated heterocycles. The lowest BCUT2D eigenvalue weighted by atomic mass is 10.0. The van der Waals surface area contributed by atoms with Gasteiger partial charge in [-0.3, -0.25) is 4.99 Å². The fourth-order valence-electron chi connectivity index (χ4n) is 5.27. The molecule has 0 radical (unpaired) electrons. The quantitative estimate of drug-likeness (QED) is 0.0640. The summed E-state index contributed by atoms with van der Waals surface area (Å²) in [4.78, 5) is 4.61. The molecule has 0 aliphatic carbocycles. The largest absolute Gasteiger partial charge is 0.494 e. The van der Waals surface area contributed by atoms with Crippen molar-refractivity contribution >= 4 is 11.9 Å². The highest BCUT2D eigenvalue weighted by Gasteiger charge is 2.01. The summed E-state index contributed by atoms with van der Waals surface area (Å²) < 4.78 is 17.8. The third kappa shape index (κ3) is 13.8. The fraction of sp³-hybridized carbons (Fsp3) is 0.381. The summed E-state index contributed by atoms with van der Waals surface area (Å²) in [5.41, 5.74) is 4.82. The highest BCUT2D eigenvalue weighted by atomic mass is 16.5. The van der Waals surface area contributed by atoms with Crippen molar-refractivity contribution in [3.8, 4) is 34.4 Å². The minimum atomic E-state index is 0.670. The lowest BCUT2D eigenvalue weighted by Gasteiger charge is -2.08. The van der Waals surface area contributed by atoms with Gasteiger partial charge in [0.15, 0.2) is 0 Å². The Bertz CT molecular complexity index is 1470. The molecule has 0 fully saturated rings. The molecule has 0 heterocycles. The second kappa shape index (κ2) is 21.3. The van der Waals surface area contributed by atoms with Crippen molar-refractivity contribution in [1.29, 1.82) is 5.26 Å². The predicted molar refractivity (Wildman–Crippen MR) is 194 cm³/mol. The number of hydrogen-bond acceptors (Lipinski definition) is 5. The van der Waals surface area contributed by atoms with Crippen LogP contribution in [0.3, 0.4) is 0 Å². The molecule has 5 nitrogen and oxygen atoms in total. The molecule has 0 spiro atoms. The molecule has 4 rings (SSSR count). The van der Waals surface area contributed by atoms with Crippen molar-refractivity contribution < 1.29 is 14.2 Å². The SMILES string of the molecule is CCCCCCCCCCOc1ccc(N=Cc2ccc(OCCCCCCOc3ccc(-c4ccc(C#N)cc4)cc3)cc2)cc1. The number of nitrogens with zero attached hydrogens (tertiary/aromatic N) is 2. The van der Waals surface area contributed by atoms with Crippen LogP contribution in [0.2, 0.25) is 0 Å². The monoisotopic (exact) mass is 630 g/mol. The van der Waals surface area contributed by atoms with Crippen LogP contribution < -0.4 is 14.2 Å². The number of nitriles is 1. The Morgan fingerprint density at radius 1 is 0.511 bits per heavy atom. The Morgan fingerprint density at radius 3 is 1.38 bits per heavy atom. The van der Waals surface area contributed by atoms with E-state index in [1.165, 1.54) is 44.9 Å². The minimum Gasteiger partial charge on any atom is -0.494 e. The molecule has 0 saturated carbocycles. The molecule has 246 valence electrons. The van der Waals surface area contributed by atoms with E-state index in [1.54, 1.807) is 0 Å². The average molecular weight is 631 g/mol. The van der Waals surface area contributed by atoms with Gasteiger partial charge >= 0.3 is 0 Å². The van der Waals surface area contributed by atoms with Crippen LogP contribution in [0, 0.1) is 11.3 Å². The van der Waals surface area contributed by atoms with Gasteiger partial charge in [0.25, 0.3) is 0 Å². The van der Waals surface area contributed by atoms with E-state index in [0.29, 0.717) is 18.8 Å². The zero-order valence-corrected chi connectivity index (χ0v) is 28.0. The van der Waals surface area contributed by atoms with Crippen molar-refractivity contribution in [2.24, 2.45) is 4.99 Å². The maximum atomic E-state index is 8.96. The molecule has 0 N–H and O–H groups in total. The maximum Gasteiger partial charge on any atom is 0.119 e. The number of ether oxygens (including phenoxy) is 3. The van der Waals surface area contributed by atoms with Crippen LogP contribution in [0.4, 0.5) is 5.69 Å². The van der Waals surface area contributed by atoms with E-state index in [-0.39, 0.29) is 0 Å². The van der Waals surface area contributed by atoms with Crippen LogP contribution in [-0.4, -0.2) is 26.0 Å². The first-order valence-corrected chi connectivity index (χ1v) is 17.5. The standard InChI is InChI=1S/C42H50N2O3/c1-2-3-4-5-6-7-8-11-30-47-42-28-22-39(23-29-42)44-34-36-16-24-40(25-17-36)45-31-12-9-10-13-32-46-41-26-20-38(21-27-41)37-18-14-35(33-43)15-19-37/h14-29,34H,2-13,30-32H2,1H3.